The van der Waals surface area contributed by atoms with E-state index in [1.807, 2.05) is 19.1 Å². The number of carbonyl (C=O) groups is 2. The topological polar surface area (TPSA) is 78.4 Å². The smallest absolute Gasteiger partial charge is 0.315 e. The number of rotatable bonds is 6. The summed E-state index contributed by atoms with van der Waals surface area (Å²) in [4.78, 5) is 22.3. The Morgan fingerprint density at radius 1 is 1.29 bits per heavy atom. The number of aliphatic carboxylic acids is 1. The van der Waals surface area contributed by atoms with Gasteiger partial charge < -0.3 is 15.7 Å². The number of urea groups is 1. The largest absolute Gasteiger partial charge is 0.481 e. The van der Waals surface area contributed by atoms with Crippen molar-refractivity contribution in [1.82, 2.24) is 10.6 Å². The summed E-state index contributed by atoms with van der Waals surface area (Å²) < 4.78 is 0. The molecular weight excluding hydrogens is 268 g/mol. The first-order chi connectivity index (χ1) is 10.0. The van der Waals surface area contributed by atoms with E-state index < -0.39 is 5.97 Å². The van der Waals surface area contributed by atoms with Gasteiger partial charge in [0.05, 0.1) is 0 Å². The number of nitrogens with one attached hydrogen (secondary N) is 2. The van der Waals surface area contributed by atoms with Crippen molar-refractivity contribution in [2.75, 3.05) is 6.54 Å². The van der Waals surface area contributed by atoms with E-state index in [1.54, 1.807) is 0 Å². The lowest BCUT2D eigenvalue weighted by Crippen LogP contribution is -2.43. The molecule has 1 aliphatic rings. The minimum Gasteiger partial charge on any atom is -0.481 e. The first kappa shape index (κ1) is 15.4. The summed E-state index contributed by atoms with van der Waals surface area (Å²) in [7, 11) is 0. The maximum atomic E-state index is 11.9. The summed E-state index contributed by atoms with van der Waals surface area (Å²) >= 11 is 0. The molecule has 0 saturated heterocycles. The van der Waals surface area contributed by atoms with Gasteiger partial charge in [-0.3, -0.25) is 4.79 Å². The maximum Gasteiger partial charge on any atom is 0.315 e. The van der Waals surface area contributed by atoms with E-state index in [4.69, 9.17) is 5.11 Å². The van der Waals surface area contributed by atoms with Gasteiger partial charge >= 0.3 is 12.0 Å². The molecule has 1 unspecified atom stereocenters. The Balaban J connectivity index is 1.68. The Labute approximate surface area is 124 Å². The molecule has 2 amide bonds. The van der Waals surface area contributed by atoms with Crippen LogP contribution < -0.4 is 10.6 Å². The molecule has 0 fully saturated rings. The zero-order valence-electron chi connectivity index (χ0n) is 12.3. The van der Waals surface area contributed by atoms with Crippen LogP contribution in [0.3, 0.4) is 0 Å². The van der Waals surface area contributed by atoms with Gasteiger partial charge in [-0.1, -0.05) is 31.2 Å². The summed E-state index contributed by atoms with van der Waals surface area (Å²) in [6.45, 7) is 2.44. The molecule has 5 heteroatoms. The van der Waals surface area contributed by atoms with Crippen LogP contribution in [0.4, 0.5) is 4.79 Å². The van der Waals surface area contributed by atoms with Crippen molar-refractivity contribution >= 4 is 12.0 Å². The minimum atomic E-state index is -0.796. The van der Waals surface area contributed by atoms with Gasteiger partial charge in [-0.2, -0.15) is 0 Å². The van der Waals surface area contributed by atoms with Gasteiger partial charge in [0.15, 0.2) is 0 Å². The van der Waals surface area contributed by atoms with Gasteiger partial charge in [0.25, 0.3) is 0 Å². The highest BCUT2D eigenvalue weighted by Crippen LogP contribution is 2.21. The normalized spacial score (nSPS) is 15.3. The van der Waals surface area contributed by atoms with Gasteiger partial charge in [-0.15, -0.1) is 0 Å². The zero-order chi connectivity index (χ0) is 15.2. The molecule has 5 nitrogen and oxygen atoms in total. The lowest BCUT2D eigenvalue weighted by Gasteiger charge is -2.15. The van der Waals surface area contributed by atoms with Crippen molar-refractivity contribution in [3.8, 4) is 0 Å². The third-order valence-electron chi connectivity index (χ3n) is 3.85. The lowest BCUT2D eigenvalue weighted by molar-refractivity contribution is -0.137. The maximum absolute atomic E-state index is 11.9. The molecular formula is C16H22N2O3. The molecule has 0 aliphatic heterocycles. The SMILES string of the molecule is CC(CCC(=O)O)CNC(=O)NC1Cc2ccccc2C1. The average Bonchev–Trinajstić information content (AvgIpc) is 2.84. The standard InChI is InChI=1S/C16H22N2O3/c1-11(6-7-15(19)20)10-17-16(21)18-14-8-12-4-2-3-5-13(12)9-14/h2-5,11,14H,6-10H2,1H3,(H,19,20)(H2,17,18,21). The fourth-order valence-corrected chi connectivity index (χ4v) is 2.64. The third kappa shape index (κ3) is 4.77. The van der Waals surface area contributed by atoms with Gasteiger partial charge in [-0.05, 0) is 36.3 Å². The van der Waals surface area contributed by atoms with Gasteiger partial charge in [0, 0.05) is 19.0 Å². The van der Waals surface area contributed by atoms with Crippen LogP contribution in [-0.2, 0) is 17.6 Å². The van der Waals surface area contributed by atoms with Crippen molar-refractivity contribution in [1.29, 1.82) is 0 Å². The molecule has 0 aromatic heterocycles. The molecule has 0 radical (unpaired) electrons. The van der Waals surface area contributed by atoms with E-state index in [9.17, 15) is 9.59 Å². The van der Waals surface area contributed by atoms with E-state index in [1.165, 1.54) is 11.1 Å². The molecule has 114 valence electrons. The predicted octanol–water partition coefficient (Wildman–Crippen LogP) is 1.95. The van der Waals surface area contributed by atoms with Crippen molar-refractivity contribution in [3.05, 3.63) is 35.4 Å². The van der Waals surface area contributed by atoms with E-state index in [0.717, 1.165) is 12.8 Å². The van der Waals surface area contributed by atoms with Crippen LogP contribution in [0.1, 0.15) is 30.9 Å². The van der Waals surface area contributed by atoms with E-state index >= 15 is 0 Å². The predicted molar refractivity (Wildman–Crippen MR) is 80.2 cm³/mol. The highest BCUT2D eigenvalue weighted by molar-refractivity contribution is 5.74. The number of fused-ring (bicyclic) bond motifs is 1. The second-order valence-corrected chi connectivity index (χ2v) is 5.77. The number of hydrogen-bond acceptors (Lipinski definition) is 2. The number of carboxylic acid groups (broad SMARTS) is 1. The highest BCUT2D eigenvalue weighted by atomic mass is 16.4. The van der Waals surface area contributed by atoms with Crippen LogP contribution in [0.5, 0.6) is 0 Å². The van der Waals surface area contributed by atoms with Gasteiger partial charge in [0.2, 0.25) is 0 Å². The Kier molecular flexibility index (Phi) is 5.20. The average molecular weight is 290 g/mol. The van der Waals surface area contributed by atoms with Gasteiger partial charge in [0.1, 0.15) is 0 Å². The highest BCUT2D eigenvalue weighted by Gasteiger charge is 2.22. The molecule has 3 N–H and O–H groups in total. The molecule has 1 aliphatic carbocycles. The first-order valence-corrected chi connectivity index (χ1v) is 7.37. The Morgan fingerprint density at radius 2 is 1.90 bits per heavy atom. The Morgan fingerprint density at radius 3 is 2.48 bits per heavy atom. The van der Waals surface area contributed by atoms with Gasteiger partial charge in [-0.25, -0.2) is 4.79 Å². The quantitative estimate of drug-likeness (QED) is 0.749. The second-order valence-electron chi connectivity index (χ2n) is 5.77. The van der Waals surface area contributed by atoms with Crippen LogP contribution in [-0.4, -0.2) is 29.7 Å². The zero-order valence-corrected chi connectivity index (χ0v) is 12.3. The summed E-state index contributed by atoms with van der Waals surface area (Å²) in [5.41, 5.74) is 2.61. The summed E-state index contributed by atoms with van der Waals surface area (Å²) in [6, 6.07) is 8.22. The number of carboxylic acids is 1. The van der Waals surface area contributed by atoms with Crippen LogP contribution in [0, 0.1) is 5.92 Å². The van der Waals surface area contributed by atoms with Crippen molar-refractivity contribution in [2.24, 2.45) is 5.92 Å². The molecule has 0 bridgehead atoms. The van der Waals surface area contributed by atoms with E-state index in [2.05, 4.69) is 22.8 Å². The lowest BCUT2D eigenvalue weighted by atomic mass is 10.1. The number of benzene rings is 1. The molecule has 1 atom stereocenters. The number of carbonyl (C=O) groups excluding carboxylic acids is 1. The van der Waals surface area contributed by atoms with Crippen LogP contribution >= 0.6 is 0 Å². The molecule has 21 heavy (non-hydrogen) atoms. The Hall–Kier alpha value is -2.04. The first-order valence-electron chi connectivity index (χ1n) is 7.37. The Bertz CT molecular complexity index is 491. The van der Waals surface area contributed by atoms with E-state index in [0.29, 0.717) is 13.0 Å². The van der Waals surface area contributed by atoms with Crippen molar-refractivity contribution in [3.63, 3.8) is 0 Å². The van der Waals surface area contributed by atoms with E-state index in [-0.39, 0.29) is 24.4 Å². The summed E-state index contributed by atoms with van der Waals surface area (Å²) in [5.74, 6) is -0.636. The van der Waals surface area contributed by atoms with Crippen LogP contribution in [0.15, 0.2) is 24.3 Å². The summed E-state index contributed by atoms with van der Waals surface area (Å²) in [5, 5.41) is 14.4. The monoisotopic (exact) mass is 290 g/mol. The van der Waals surface area contributed by atoms with Crippen molar-refractivity contribution in [2.45, 2.75) is 38.6 Å². The molecule has 1 aromatic carbocycles. The second kappa shape index (κ2) is 7.11. The molecule has 0 heterocycles. The third-order valence-corrected chi connectivity index (χ3v) is 3.85. The fourth-order valence-electron chi connectivity index (χ4n) is 2.64. The minimum absolute atomic E-state index is 0.141. The molecule has 2 rings (SSSR count). The van der Waals surface area contributed by atoms with Crippen molar-refractivity contribution < 1.29 is 14.7 Å². The molecule has 1 aromatic rings. The number of amides is 2. The molecule has 0 saturated carbocycles. The van der Waals surface area contributed by atoms with Crippen LogP contribution in [0.25, 0.3) is 0 Å². The van der Waals surface area contributed by atoms with Crippen LogP contribution in [0.2, 0.25) is 0 Å². The fraction of sp³-hybridized carbons (Fsp3) is 0.500. The summed E-state index contributed by atoms with van der Waals surface area (Å²) in [6.07, 6.45) is 2.46. The number of hydrogen-bond donors (Lipinski definition) is 3. The molecule has 0 spiro atoms.